The summed E-state index contributed by atoms with van der Waals surface area (Å²) < 4.78 is 165. The second kappa shape index (κ2) is 5.31. The maximum absolute atomic E-state index is 13.4. The van der Waals surface area contributed by atoms with Gasteiger partial charge in [0.05, 0.1) is 5.56 Å². The van der Waals surface area contributed by atoms with Gasteiger partial charge in [0, 0.05) is 0 Å². The number of hydrogen-bond donors (Lipinski definition) is 1. The first-order valence-electron chi connectivity index (χ1n) is 5.18. The number of alkyl halides is 10. The zero-order chi connectivity index (χ0) is 19.5. The van der Waals surface area contributed by atoms with Gasteiger partial charge in [-0.3, -0.25) is 0 Å². The zero-order valence-electron chi connectivity index (χ0n) is 10.4. The van der Waals surface area contributed by atoms with Crippen LogP contribution in [0.25, 0.3) is 0 Å². The van der Waals surface area contributed by atoms with Crippen LogP contribution in [0, 0.1) is 17.5 Å². The molecule has 0 saturated carbocycles. The molecule has 0 amide bonds. The summed E-state index contributed by atoms with van der Waals surface area (Å²) in [4.78, 5) is 0. The molecular formula is C10HF13O. The molecule has 24 heavy (non-hydrogen) atoms. The van der Waals surface area contributed by atoms with Gasteiger partial charge in [0.15, 0.2) is 17.4 Å². The molecule has 1 rings (SSSR count). The van der Waals surface area contributed by atoms with Crippen molar-refractivity contribution in [1.29, 1.82) is 0 Å². The van der Waals surface area contributed by atoms with Crippen LogP contribution in [0.4, 0.5) is 57.1 Å². The van der Waals surface area contributed by atoms with E-state index in [-0.39, 0.29) is 0 Å². The van der Waals surface area contributed by atoms with Crippen LogP contribution in [0.5, 0.6) is 5.75 Å². The SMILES string of the molecule is Oc1c(F)c(F)c(F)c(C(F)(F)C(F)(F)C(F)(F)F)c1C(F)(F)F. The molecule has 0 bridgehead atoms. The first kappa shape index (κ1) is 20.2. The highest BCUT2D eigenvalue weighted by atomic mass is 19.4. The van der Waals surface area contributed by atoms with Gasteiger partial charge < -0.3 is 5.11 Å². The number of phenols is 1. The third-order valence-electron chi connectivity index (χ3n) is 2.65. The van der Waals surface area contributed by atoms with Crippen LogP contribution in [0.3, 0.4) is 0 Å². The highest BCUT2D eigenvalue weighted by Crippen LogP contribution is 2.56. The van der Waals surface area contributed by atoms with Crippen molar-refractivity contribution >= 4 is 0 Å². The van der Waals surface area contributed by atoms with E-state index in [4.69, 9.17) is 5.11 Å². The van der Waals surface area contributed by atoms with Gasteiger partial charge in [0.25, 0.3) is 0 Å². The molecule has 0 aliphatic rings. The molecule has 1 aromatic carbocycles. The number of halogens is 13. The van der Waals surface area contributed by atoms with Crippen molar-refractivity contribution in [3.63, 3.8) is 0 Å². The van der Waals surface area contributed by atoms with Crippen molar-refractivity contribution < 1.29 is 62.2 Å². The van der Waals surface area contributed by atoms with Crippen LogP contribution in [0.1, 0.15) is 11.1 Å². The molecule has 138 valence electrons. The standard InChI is InChI=1S/C10HF13O/c11-3-1(7(14,15)9(19,20)10(21,22)23)2(8(16,17)18)6(24)5(13)4(3)12/h24H. The number of benzene rings is 1. The van der Waals surface area contributed by atoms with Crippen molar-refractivity contribution in [2.24, 2.45) is 0 Å². The second-order valence-electron chi connectivity index (χ2n) is 4.18. The van der Waals surface area contributed by atoms with Gasteiger partial charge in [-0.1, -0.05) is 0 Å². The normalized spacial score (nSPS) is 14.2. The Morgan fingerprint density at radius 1 is 0.583 bits per heavy atom. The average Bonchev–Trinajstić information content (AvgIpc) is 2.36. The molecule has 1 N–H and O–H groups in total. The van der Waals surface area contributed by atoms with E-state index in [0.29, 0.717) is 0 Å². The first-order valence-corrected chi connectivity index (χ1v) is 5.18. The van der Waals surface area contributed by atoms with E-state index in [0.717, 1.165) is 0 Å². The van der Waals surface area contributed by atoms with Crippen LogP contribution < -0.4 is 0 Å². The zero-order valence-corrected chi connectivity index (χ0v) is 10.4. The predicted octanol–water partition coefficient (Wildman–Crippen LogP) is 5.12. The van der Waals surface area contributed by atoms with E-state index in [1.165, 1.54) is 0 Å². The average molecular weight is 384 g/mol. The molecule has 0 aromatic heterocycles. The lowest BCUT2D eigenvalue weighted by Crippen LogP contribution is -2.51. The fraction of sp³-hybridized carbons (Fsp3) is 0.400. The van der Waals surface area contributed by atoms with Crippen molar-refractivity contribution in [3.05, 3.63) is 28.6 Å². The van der Waals surface area contributed by atoms with Crippen LogP contribution in [0.2, 0.25) is 0 Å². The van der Waals surface area contributed by atoms with Gasteiger partial charge in [-0.05, 0) is 0 Å². The molecule has 0 spiro atoms. The summed E-state index contributed by atoms with van der Waals surface area (Å²) in [5.74, 6) is -27.5. The number of aromatic hydroxyl groups is 1. The monoisotopic (exact) mass is 384 g/mol. The largest absolute Gasteiger partial charge is 0.504 e. The molecule has 0 aliphatic carbocycles. The molecule has 0 heterocycles. The minimum absolute atomic E-state index is 3.10. The highest BCUT2D eigenvalue weighted by Gasteiger charge is 2.75. The Hall–Kier alpha value is -1.89. The van der Waals surface area contributed by atoms with Crippen molar-refractivity contribution in [3.8, 4) is 5.75 Å². The number of hydrogen-bond acceptors (Lipinski definition) is 1. The maximum Gasteiger partial charge on any atom is 0.460 e. The van der Waals surface area contributed by atoms with Gasteiger partial charge in [-0.25, -0.2) is 8.78 Å². The van der Waals surface area contributed by atoms with E-state index in [1.807, 2.05) is 0 Å². The Morgan fingerprint density at radius 3 is 1.33 bits per heavy atom. The van der Waals surface area contributed by atoms with Crippen LogP contribution in [-0.4, -0.2) is 17.2 Å². The molecule has 0 fully saturated rings. The smallest absolute Gasteiger partial charge is 0.460 e. The van der Waals surface area contributed by atoms with E-state index in [2.05, 4.69) is 0 Å². The van der Waals surface area contributed by atoms with Gasteiger partial charge >= 0.3 is 24.2 Å². The predicted molar refractivity (Wildman–Crippen MR) is 47.9 cm³/mol. The summed E-state index contributed by atoms with van der Waals surface area (Å²) in [5.41, 5.74) is -7.48. The van der Waals surface area contributed by atoms with E-state index >= 15 is 0 Å². The van der Waals surface area contributed by atoms with Gasteiger partial charge in [0.2, 0.25) is 5.82 Å². The molecule has 0 unspecified atom stereocenters. The Kier molecular flexibility index (Phi) is 4.46. The van der Waals surface area contributed by atoms with Gasteiger partial charge in [-0.2, -0.15) is 48.3 Å². The minimum atomic E-state index is -7.31. The lowest BCUT2D eigenvalue weighted by atomic mass is 9.94. The van der Waals surface area contributed by atoms with Crippen molar-refractivity contribution in [2.45, 2.75) is 24.2 Å². The van der Waals surface area contributed by atoms with Gasteiger partial charge in [0.1, 0.15) is 5.56 Å². The molecule has 1 nitrogen and oxygen atoms in total. The molecular weight excluding hydrogens is 383 g/mol. The van der Waals surface area contributed by atoms with E-state index in [9.17, 15) is 57.1 Å². The number of phenolic OH excluding ortho intramolecular Hbond substituents is 1. The van der Waals surface area contributed by atoms with E-state index < -0.39 is 58.5 Å². The van der Waals surface area contributed by atoms with Crippen LogP contribution >= 0.6 is 0 Å². The molecule has 0 radical (unpaired) electrons. The number of rotatable bonds is 2. The fourth-order valence-electron chi connectivity index (χ4n) is 1.55. The van der Waals surface area contributed by atoms with Crippen molar-refractivity contribution in [1.82, 2.24) is 0 Å². The Labute approximate surface area is 122 Å². The first-order chi connectivity index (χ1) is 10.4. The molecule has 0 atom stereocenters. The highest BCUT2D eigenvalue weighted by molar-refractivity contribution is 5.47. The van der Waals surface area contributed by atoms with E-state index in [1.54, 1.807) is 0 Å². The molecule has 0 saturated heterocycles. The Morgan fingerprint density at radius 2 is 1.00 bits per heavy atom. The summed E-state index contributed by atoms with van der Waals surface area (Å²) in [7, 11) is 0. The lowest BCUT2D eigenvalue weighted by Gasteiger charge is -2.30. The summed E-state index contributed by atoms with van der Waals surface area (Å²) in [6.07, 6.45) is -13.6. The molecule has 0 aliphatic heterocycles. The lowest BCUT2D eigenvalue weighted by molar-refractivity contribution is -0.360. The fourth-order valence-corrected chi connectivity index (χ4v) is 1.55. The quantitative estimate of drug-likeness (QED) is 0.555. The van der Waals surface area contributed by atoms with Gasteiger partial charge in [-0.15, -0.1) is 0 Å². The summed E-state index contributed by atoms with van der Waals surface area (Å²) >= 11 is 0. The second-order valence-corrected chi connectivity index (χ2v) is 4.18. The van der Waals surface area contributed by atoms with Crippen molar-refractivity contribution in [2.75, 3.05) is 0 Å². The topological polar surface area (TPSA) is 20.2 Å². The molecule has 1 aromatic rings. The van der Waals surface area contributed by atoms with Crippen LogP contribution in [-0.2, 0) is 12.1 Å². The Bertz CT molecular complexity index is 654. The Balaban J connectivity index is 4.02. The van der Waals surface area contributed by atoms with Crippen LogP contribution in [0.15, 0.2) is 0 Å². The summed E-state index contributed by atoms with van der Waals surface area (Å²) in [6.45, 7) is 0. The minimum Gasteiger partial charge on any atom is -0.504 e. The molecule has 14 heteroatoms. The summed E-state index contributed by atoms with van der Waals surface area (Å²) in [6, 6.07) is 0. The maximum atomic E-state index is 13.4. The third kappa shape index (κ3) is 2.70. The third-order valence-corrected chi connectivity index (χ3v) is 2.65. The summed E-state index contributed by atoms with van der Waals surface area (Å²) in [5, 5.41) is 8.69.